The number of benzene rings is 3. The molecular weight excluding hydrogens is 488 g/mol. The highest BCUT2D eigenvalue weighted by Crippen LogP contribution is 2.48. The summed E-state index contributed by atoms with van der Waals surface area (Å²) >= 11 is 0. The van der Waals surface area contributed by atoms with E-state index < -0.39 is 11.4 Å². The van der Waals surface area contributed by atoms with Crippen molar-refractivity contribution >= 4 is 5.97 Å². The van der Waals surface area contributed by atoms with Gasteiger partial charge in [-0.15, -0.1) is 0 Å². The van der Waals surface area contributed by atoms with E-state index in [-0.39, 0.29) is 0 Å². The van der Waals surface area contributed by atoms with Gasteiger partial charge in [-0.2, -0.15) is 0 Å². The number of aryl methyl sites for hydroxylation is 1. The van der Waals surface area contributed by atoms with Gasteiger partial charge < -0.3 is 14.4 Å². The molecule has 0 amide bonds. The Kier molecular flexibility index (Phi) is 6.23. The van der Waals surface area contributed by atoms with Crippen LogP contribution in [0.25, 0.3) is 33.6 Å². The van der Waals surface area contributed by atoms with E-state index >= 15 is 0 Å². The summed E-state index contributed by atoms with van der Waals surface area (Å²) in [5, 5.41) is 13.8. The molecule has 0 bridgehead atoms. The summed E-state index contributed by atoms with van der Waals surface area (Å²) in [5.74, 6) is 0.623. The number of rotatable bonds is 8. The van der Waals surface area contributed by atoms with Gasteiger partial charge in [0.05, 0.1) is 18.2 Å². The molecule has 1 N–H and O–H groups in total. The zero-order valence-corrected chi connectivity index (χ0v) is 21.8. The molecule has 0 aliphatic heterocycles. The van der Waals surface area contributed by atoms with Crippen LogP contribution in [-0.2, 0) is 16.6 Å². The first-order valence-electron chi connectivity index (χ1n) is 13.0. The molecule has 6 heteroatoms. The quantitative estimate of drug-likeness (QED) is 0.237. The molecule has 194 valence electrons. The zero-order valence-electron chi connectivity index (χ0n) is 21.8. The van der Waals surface area contributed by atoms with Gasteiger partial charge in [-0.3, -0.25) is 4.79 Å². The van der Waals surface area contributed by atoms with Crippen LogP contribution in [0.1, 0.15) is 35.2 Å². The fourth-order valence-corrected chi connectivity index (χ4v) is 5.11. The van der Waals surface area contributed by atoms with E-state index in [4.69, 9.17) is 9.26 Å². The molecule has 3 aromatic carbocycles. The topological polar surface area (TPSA) is 85.5 Å². The molecule has 1 aliphatic carbocycles. The molecular formula is C33H28N2O4. The highest BCUT2D eigenvalue weighted by atomic mass is 16.5. The van der Waals surface area contributed by atoms with E-state index in [1.165, 1.54) is 0 Å². The van der Waals surface area contributed by atoms with E-state index in [2.05, 4.69) is 46.5 Å². The molecule has 0 radical (unpaired) electrons. The van der Waals surface area contributed by atoms with Crippen molar-refractivity contribution in [2.75, 3.05) is 7.11 Å². The molecule has 6 nitrogen and oxygen atoms in total. The van der Waals surface area contributed by atoms with E-state index in [9.17, 15) is 9.90 Å². The average molecular weight is 517 g/mol. The van der Waals surface area contributed by atoms with Crippen LogP contribution < -0.4 is 4.74 Å². The lowest BCUT2D eigenvalue weighted by Crippen LogP contribution is -2.19. The summed E-state index contributed by atoms with van der Waals surface area (Å²) in [4.78, 5) is 16.0. The van der Waals surface area contributed by atoms with E-state index in [0.29, 0.717) is 25.1 Å². The molecule has 0 unspecified atom stereocenters. The molecule has 5 aromatic rings. The molecule has 0 spiro atoms. The van der Waals surface area contributed by atoms with Gasteiger partial charge in [-0.05, 0) is 53.6 Å². The second-order valence-electron chi connectivity index (χ2n) is 10.1. The van der Waals surface area contributed by atoms with Gasteiger partial charge in [-0.1, -0.05) is 78.0 Å². The molecule has 6 rings (SSSR count). The van der Waals surface area contributed by atoms with Crippen molar-refractivity contribution in [3.8, 4) is 39.5 Å². The summed E-state index contributed by atoms with van der Waals surface area (Å²) in [6, 6.07) is 28.4. The van der Waals surface area contributed by atoms with Gasteiger partial charge >= 0.3 is 5.97 Å². The highest BCUT2D eigenvalue weighted by Gasteiger charge is 2.51. The van der Waals surface area contributed by atoms with Crippen molar-refractivity contribution < 1.29 is 19.2 Å². The Bertz CT molecular complexity index is 1630. The van der Waals surface area contributed by atoms with Crippen LogP contribution >= 0.6 is 0 Å². The van der Waals surface area contributed by atoms with Crippen LogP contribution in [-0.4, -0.2) is 28.3 Å². The first kappa shape index (κ1) is 24.6. The van der Waals surface area contributed by atoms with Crippen LogP contribution in [0.3, 0.4) is 0 Å². The third-order valence-corrected chi connectivity index (χ3v) is 7.65. The number of hydrogen-bond acceptors (Lipinski definition) is 5. The third kappa shape index (κ3) is 4.70. The van der Waals surface area contributed by atoms with Gasteiger partial charge in [0.25, 0.3) is 0 Å². The standard InChI is InChI=1S/C33H28N2O4/c1-21-29(19-22-4-3-5-26(18-22)27-12-15-30(38-2)34-20-27)31(39-35-21)25-8-6-23(7-9-25)24-10-13-28(14-11-24)33(16-17-33)32(36)37/h3-15,18,20H,16-17,19H2,1-2H3,(H,36,37). The largest absolute Gasteiger partial charge is 0.481 e. The monoisotopic (exact) mass is 516 g/mol. The van der Waals surface area contributed by atoms with Crippen LogP contribution in [0.15, 0.2) is 95.6 Å². The Hall–Kier alpha value is -4.71. The molecule has 0 atom stereocenters. The number of carboxylic acids is 1. The fraction of sp³-hybridized carbons (Fsp3) is 0.182. The predicted molar refractivity (Wildman–Crippen MR) is 150 cm³/mol. The number of hydrogen-bond donors (Lipinski definition) is 1. The fourth-order valence-electron chi connectivity index (χ4n) is 5.11. The normalized spacial score (nSPS) is 13.7. The summed E-state index contributed by atoms with van der Waals surface area (Å²) in [7, 11) is 1.61. The second-order valence-corrected chi connectivity index (χ2v) is 10.1. The number of ether oxygens (including phenoxy) is 1. The van der Waals surface area contributed by atoms with Crippen LogP contribution in [0.2, 0.25) is 0 Å². The summed E-state index contributed by atoms with van der Waals surface area (Å²) in [5.41, 5.74) is 8.46. The SMILES string of the molecule is COc1ccc(-c2cccc(Cc3c(C)noc3-c3ccc(-c4ccc(C5(C(=O)O)CC5)cc4)cc3)c2)cn1. The maximum absolute atomic E-state index is 11.6. The number of methoxy groups -OCH3 is 1. The van der Waals surface area contributed by atoms with E-state index in [0.717, 1.165) is 56.0 Å². The lowest BCUT2D eigenvalue weighted by Gasteiger charge is -2.11. The van der Waals surface area contributed by atoms with Gasteiger partial charge in [0.2, 0.25) is 5.88 Å². The Labute approximate surface area is 226 Å². The first-order chi connectivity index (χ1) is 19.0. The average Bonchev–Trinajstić information content (AvgIpc) is 3.73. The number of carboxylic acid groups (broad SMARTS) is 1. The number of pyridine rings is 1. The van der Waals surface area contributed by atoms with Crippen molar-refractivity contribution in [3.05, 3.63) is 114 Å². The molecule has 1 saturated carbocycles. The van der Waals surface area contributed by atoms with Crippen molar-refractivity contribution in [2.24, 2.45) is 0 Å². The van der Waals surface area contributed by atoms with E-state index in [1.54, 1.807) is 7.11 Å². The smallest absolute Gasteiger partial charge is 0.314 e. The molecule has 2 heterocycles. The summed E-state index contributed by atoms with van der Waals surface area (Å²) in [6.45, 7) is 1.97. The Morgan fingerprint density at radius 1 is 0.897 bits per heavy atom. The van der Waals surface area contributed by atoms with Gasteiger partial charge in [0.15, 0.2) is 5.76 Å². The predicted octanol–water partition coefficient (Wildman–Crippen LogP) is 7.09. The lowest BCUT2D eigenvalue weighted by molar-refractivity contribution is -0.140. The zero-order chi connectivity index (χ0) is 27.0. The molecule has 39 heavy (non-hydrogen) atoms. The van der Waals surface area contributed by atoms with Gasteiger partial charge in [0, 0.05) is 35.4 Å². The minimum atomic E-state index is -0.734. The minimum Gasteiger partial charge on any atom is -0.481 e. The van der Waals surface area contributed by atoms with Crippen molar-refractivity contribution in [1.29, 1.82) is 0 Å². The van der Waals surface area contributed by atoms with Crippen LogP contribution in [0.4, 0.5) is 0 Å². The number of nitrogens with zero attached hydrogens (tertiary/aromatic N) is 2. The highest BCUT2D eigenvalue weighted by molar-refractivity contribution is 5.85. The van der Waals surface area contributed by atoms with Gasteiger partial charge in [-0.25, -0.2) is 4.98 Å². The third-order valence-electron chi connectivity index (χ3n) is 7.65. The molecule has 2 aromatic heterocycles. The summed E-state index contributed by atoms with van der Waals surface area (Å²) in [6.07, 6.45) is 3.92. The van der Waals surface area contributed by atoms with Crippen LogP contribution in [0, 0.1) is 6.92 Å². The maximum Gasteiger partial charge on any atom is 0.314 e. The minimum absolute atomic E-state index is 0.590. The van der Waals surface area contributed by atoms with Crippen molar-refractivity contribution in [3.63, 3.8) is 0 Å². The number of aliphatic carboxylic acids is 1. The summed E-state index contributed by atoms with van der Waals surface area (Å²) < 4.78 is 11.0. The lowest BCUT2D eigenvalue weighted by atomic mass is 9.93. The Balaban J connectivity index is 1.23. The van der Waals surface area contributed by atoms with Gasteiger partial charge in [0.1, 0.15) is 0 Å². The Morgan fingerprint density at radius 3 is 2.18 bits per heavy atom. The Morgan fingerprint density at radius 2 is 1.56 bits per heavy atom. The van der Waals surface area contributed by atoms with E-state index in [1.807, 2.05) is 61.7 Å². The first-order valence-corrected chi connectivity index (χ1v) is 13.0. The van der Waals surface area contributed by atoms with Crippen molar-refractivity contribution in [2.45, 2.75) is 31.6 Å². The molecule has 1 fully saturated rings. The second kappa shape index (κ2) is 9.87. The van der Waals surface area contributed by atoms with Crippen molar-refractivity contribution in [1.82, 2.24) is 10.1 Å². The van der Waals surface area contributed by atoms with Crippen LogP contribution in [0.5, 0.6) is 5.88 Å². The molecule has 1 aliphatic rings. The number of carbonyl (C=O) groups is 1. The number of aromatic nitrogens is 2. The molecule has 0 saturated heterocycles. The maximum atomic E-state index is 11.6.